The molecule has 4 heteroatoms. The quantitative estimate of drug-likeness (QED) is 0.894. The third-order valence-electron chi connectivity index (χ3n) is 4.71. The van der Waals surface area contributed by atoms with Gasteiger partial charge in [0.25, 0.3) is 0 Å². The topological polar surface area (TPSA) is 39.6 Å². The first-order valence-corrected chi connectivity index (χ1v) is 7.76. The molecule has 1 atom stereocenters. The minimum atomic E-state index is 0.0827. The van der Waals surface area contributed by atoms with Gasteiger partial charge in [-0.1, -0.05) is 0 Å². The van der Waals surface area contributed by atoms with Gasteiger partial charge in [0.15, 0.2) is 0 Å². The molecule has 110 valence electrons. The molecule has 0 aliphatic carbocycles. The lowest BCUT2D eigenvalue weighted by atomic mass is 10.1. The summed E-state index contributed by atoms with van der Waals surface area (Å²) in [6.45, 7) is 8.77. The van der Waals surface area contributed by atoms with Crippen molar-refractivity contribution in [3.05, 3.63) is 22.9 Å². The van der Waals surface area contributed by atoms with Crippen LogP contribution in [0, 0.1) is 13.8 Å². The molecule has 2 aliphatic heterocycles. The molecule has 2 aliphatic rings. The molecule has 0 spiro atoms. The third kappa shape index (κ3) is 2.54. The molecule has 2 fully saturated rings. The average molecular weight is 275 g/mol. The Morgan fingerprint density at radius 3 is 2.85 bits per heavy atom. The second kappa shape index (κ2) is 5.70. The van der Waals surface area contributed by atoms with Crippen LogP contribution in [0.2, 0.25) is 0 Å². The first-order valence-electron chi connectivity index (χ1n) is 7.76. The molecule has 20 heavy (non-hydrogen) atoms. The van der Waals surface area contributed by atoms with Crippen molar-refractivity contribution in [1.82, 2.24) is 9.88 Å². The van der Waals surface area contributed by atoms with Crippen LogP contribution in [0.15, 0.2) is 6.07 Å². The van der Waals surface area contributed by atoms with Crippen molar-refractivity contribution in [2.45, 2.75) is 45.8 Å². The molecule has 2 saturated heterocycles. The van der Waals surface area contributed by atoms with Gasteiger partial charge in [-0.3, -0.25) is 4.90 Å². The zero-order valence-corrected chi connectivity index (χ0v) is 12.6. The van der Waals surface area contributed by atoms with E-state index < -0.39 is 0 Å². The van der Waals surface area contributed by atoms with Crippen molar-refractivity contribution in [3.63, 3.8) is 0 Å². The number of fused-ring (bicyclic) bond motifs is 1. The zero-order chi connectivity index (χ0) is 14.1. The molecule has 0 radical (unpaired) electrons. The van der Waals surface area contributed by atoms with Crippen LogP contribution in [0.25, 0.3) is 0 Å². The van der Waals surface area contributed by atoms with E-state index >= 15 is 0 Å². The number of rotatable bonds is 2. The van der Waals surface area contributed by atoms with Crippen LogP contribution in [0.4, 0.5) is 5.82 Å². The summed E-state index contributed by atoms with van der Waals surface area (Å²) in [5.74, 6) is 1.01. The maximum Gasteiger partial charge on any atom is 0.134 e. The molecule has 0 bridgehead atoms. The Kier molecular flexibility index (Phi) is 3.94. The van der Waals surface area contributed by atoms with Crippen LogP contribution in [-0.2, 0) is 6.61 Å². The van der Waals surface area contributed by atoms with E-state index in [0.717, 1.165) is 35.7 Å². The standard InChI is InChI=1S/C16H25N3O/c1-12-9-13(2)17-16(15(12)11-20)19-8-4-7-18-6-3-5-14(18)10-19/h9,14,20H,3-8,10-11H2,1-2H3. The fraction of sp³-hybridized carbons (Fsp3) is 0.688. The molecule has 0 saturated carbocycles. The summed E-state index contributed by atoms with van der Waals surface area (Å²) < 4.78 is 0. The second-order valence-electron chi connectivity index (χ2n) is 6.17. The highest BCUT2D eigenvalue weighted by Crippen LogP contribution is 2.28. The first-order chi connectivity index (χ1) is 9.69. The largest absolute Gasteiger partial charge is 0.392 e. The molecule has 0 amide bonds. The maximum absolute atomic E-state index is 9.70. The lowest BCUT2D eigenvalue weighted by Gasteiger charge is -2.28. The molecular weight excluding hydrogens is 250 g/mol. The number of aliphatic hydroxyl groups is 1. The summed E-state index contributed by atoms with van der Waals surface area (Å²) in [5, 5.41) is 9.70. The molecule has 0 aromatic carbocycles. The molecular formula is C16H25N3O. The van der Waals surface area contributed by atoms with Gasteiger partial charge in [0, 0.05) is 36.9 Å². The first kappa shape index (κ1) is 13.8. The van der Waals surface area contributed by atoms with Crippen LogP contribution in [-0.4, -0.2) is 47.2 Å². The van der Waals surface area contributed by atoms with Crippen molar-refractivity contribution in [3.8, 4) is 0 Å². The number of anilines is 1. The van der Waals surface area contributed by atoms with Crippen LogP contribution in [0.1, 0.15) is 36.1 Å². The summed E-state index contributed by atoms with van der Waals surface area (Å²) >= 11 is 0. The van der Waals surface area contributed by atoms with E-state index in [0.29, 0.717) is 6.04 Å². The smallest absolute Gasteiger partial charge is 0.134 e. The van der Waals surface area contributed by atoms with Gasteiger partial charge in [-0.15, -0.1) is 0 Å². The van der Waals surface area contributed by atoms with Crippen molar-refractivity contribution >= 4 is 5.82 Å². The molecule has 3 heterocycles. The summed E-state index contributed by atoms with van der Waals surface area (Å²) in [6.07, 6.45) is 3.82. The maximum atomic E-state index is 9.70. The predicted octanol–water partition coefficient (Wildman–Crippen LogP) is 1.87. The fourth-order valence-corrected chi connectivity index (χ4v) is 3.70. The highest BCUT2D eigenvalue weighted by atomic mass is 16.3. The van der Waals surface area contributed by atoms with Gasteiger partial charge in [-0.25, -0.2) is 4.98 Å². The minimum absolute atomic E-state index is 0.0827. The van der Waals surface area contributed by atoms with Crippen LogP contribution in [0.3, 0.4) is 0 Å². The van der Waals surface area contributed by atoms with Crippen LogP contribution < -0.4 is 4.90 Å². The minimum Gasteiger partial charge on any atom is -0.392 e. The number of pyridine rings is 1. The number of aliphatic hydroxyl groups excluding tert-OH is 1. The Morgan fingerprint density at radius 2 is 2.05 bits per heavy atom. The number of aryl methyl sites for hydroxylation is 2. The SMILES string of the molecule is Cc1cc(C)c(CO)c(N2CCCN3CCCC3C2)n1. The van der Waals surface area contributed by atoms with Crippen molar-refractivity contribution in [2.75, 3.05) is 31.1 Å². The summed E-state index contributed by atoms with van der Waals surface area (Å²) in [4.78, 5) is 9.76. The Bertz CT molecular complexity index is 489. The lowest BCUT2D eigenvalue weighted by Crippen LogP contribution is -2.37. The molecule has 1 unspecified atom stereocenters. The fourth-order valence-electron chi connectivity index (χ4n) is 3.70. The van der Waals surface area contributed by atoms with Crippen LogP contribution >= 0.6 is 0 Å². The van der Waals surface area contributed by atoms with E-state index in [1.54, 1.807) is 0 Å². The van der Waals surface area contributed by atoms with Gasteiger partial charge < -0.3 is 10.0 Å². The van der Waals surface area contributed by atoms with Gasteiger partial charge in [0.05, 0.1) is 6.61 Å². The van der Waals surface area contributed by atoms with E-state index in [2.05, 4.69) is 22.8 Å². The monoisotopic (exact) mass is 275 g/mol. The Morgan fingerprint density at radius 1 is 1.25 bits per heavy atom. The average Bonchev–Trinajstić information content (AvgIpc) is 2.75. The summed E-state index contributed by atoms with van der Waals surface area (Å²) in [7, 11) is 0. The van der Waals surface area contributed by atoms with Crippen LogP contribution in [0.5, 0.6) is 0 Å². The molecule has 1 aromatic rings. The normalized spacial score (nSPS) is 23.8. The van der Waals surface area contributed by atoms with Gasteiger partial charge in [0.1, 0.15) is 5.82 Å². The number of hydrogen-bond donors (Lipinski definition) is 1. The van der Waals surface area contributed by atoms with Gasteiger partial charge >= 0.3 is 0 Å². The number of nitrogens with zero attached hydrogens (tertiary/aromatic N) is 3. The molecule has 4 nitrogen and oxygen atoms in total. The van der Waals surface area contributed by atoms with Crippen molar-refractivity contribution in [2.24, 2.45) is 0 Å². The van der Waals surface area contributed by atoms with Gasteiger partial charge in [-0.2, -0.15) is 0 Å². The molecule has 3 rings (SSSR count). The van der Waals surface area contributed by atoms with E-state index in [9.17, 15) is 5.11 Å². The number of aromatic nitrogens is 1. The predicted molar refractivity (Wildman–Crippen MR) is 81.1 cm³/mol. The van der Waals surface area contributed by atoms with E-state index in [4.69, 9.17) is 4.98 Å². The Labute approximate surface area is 121 Å². The zero-order valence-electron chi connectivity index (χ0n) is 12.6. The van der Waals surface area contributed by atoms with Crippen molar-refractivity contribution in [1.29, 1.82) is 0 Å². The highest BCUT2D eigenvalue weighted by Gasteiger charge is 2.30. The van der Waals surface area contributed by atoms with Gasteiger partial charge in [-0.05, 0) is 51.3 Å². The molecule has 1 N–H and O–H groups in total. The van der Waals surface area contributed by atoms with E-state index in [1.165, 1.54) is 32.4 Å². The van der Waals surface area contributed by atoms with E-state index in [-0.39, 0.29) is 6.61 Å². The lowest BCUT2D eigenvalue weighted by molar-refractivity contribution is 0.272. The third-order valence-corrected chi connectivity index (χ3v) is 4.71. The molecule has 1 aromatic heterocycles. The number of hydrogen-bond acceptors (Lipinski definition) is 4. The summed E-state index contributed by atoms with van der Waals surface area (Å²) in [6, 6.07) is 2.74. The Hall–Kier alpha value is -1.13. The highest BCUT2D eigenvalue weighted by molar-refractivity contribution is 5.51. The second-order valence-corrected chi connectivity index (χ2v) is 6.17. The van der Waals surface area contributed by atoms with Gasteiger partial charge in [0.2, 0.25) is 0 Å². The van der Waals surface area contributed by atoms with Crippen molar-refractivity contribution < 1.29 is 5.11 Å². The Balaban J connectivity index is 1.91. The summed E-state index contributed by atoms with van der Waals surface area (Å²) in [5.41, 5.74) is 3.20. The van der Waals surface area contributed by atoms with E-state index in [1.807, 2.05) is 6.92 Å².